The van der Waals surface area contributed by atoms with Gasteiger partial charge in [-0.25, -0.2) is 5.90 Å². The summed E-state index contributed by atoms with van der Waals surface area (Å²) in [5, 5.41) is 9.47. The van der Waals surface area contributed by atoms with Crippen molar-refractivity contribution in [3.05, 3.63) is 23.8 Å². The van der Waals surface area contributed by atoms with E-state index < -0.39 is 0 Å². The van der Waals surface area contributed by atoms with Crippen LogP contribution in [0, 0.1) is 0 Å². The highest BCUT2D eigenvalue weighted by atomic mass is 16.6. The first-order valence-electron chi connectivity index (χ1n) is 3.96. The molecule has 0 bridgehead atoms. The Hall–Kier alpha value is -1.26. The maximum Gasteiger partial charge on any atom is 0.125 e. The maximum atomic E-state index is 9.47. The highest BCUT2D eigenvalue weighted by Gasteiger charge is 2.07. The summed E-state index contributed by atoms with van der Waals surface area (Å²) in [5.41, 5.74) is 0.718. The fraction of sp³-hybridized carbons (Fsp3) is 0.333. The molecule has 0 spiro atoms. The van der Waals surface area contributed by atoms with Gasteiger partial charge in [0.05, 0.1) is 13.7 Å². The molecule has 0 heterocycles. The molecule has 1 aromatic rings. The average molecular weight is 183 g/mol. The Labute approximate surface area is 76.8 Å². The van der Waals surface area contributed by atoms with Gasteiger partial charge in [0.1, 0.15) is 11.5 Å². The van der Waals surface area contributed by atoms with Crippen LogP contribution in [0.2, 0.25) is 0 Å². The second kappa shape index (κ2) is 4.69. The molecule has 0 saturated carbocycles. The summed E-state index contributed by atoms with van der Waals surface area (Å²) in [6.45, 7) is 0.355. The number of methoxy groups -OCH3 is 1. The van der Waals surface area contributed by atoms with Crippen molar-refractivity contribution >= 4 is 0 Å². The van der Waals surface area contributed by atoms with Crippen molar-refractivity contribution in [2.75, 3.05) is 13.7 Å². The van der Waals surface area contributed by atoms with Gasteiger partial charge in [-0.15, -0.1) is 0 Å². The Morgan fingerprint density at radius 3 is 2.85 bits per heavy atom. The molecular weight excluding hydrogens is 170 g/mol. The highest BCUT2D eigenvalue weighted by molar-refractivity contribution is 5.43. The molecule has 0 atom stereocenters. The summed E-state index contributed by atoms with van der Waals surface area (Å²) in [4.78, 5) is 4.43. The fourth-order valence-corrected chi connectivity index (χ4v) is 1.16. The van der Waals surface area contributed by atoms with Crippen LogP contribution in [0.4, 0.5) is 0 Å². The van der Waals surface area contributed by atoms with Gasteiger partial charge in [-0.05, 0) is 12.1 Å². The molecule has 4 heteroatoms. The zero-order valence-corrected chi connectivity index (χ0v) is 7.49. The number of ether oxygens (including phenoxy) is 1. The lowest BCUT2D eigenvalue weighted by molar-refractivity contribution is 0.140. The number of benzene rings is 1. The molecule has 0 aromatic heterocycles. The molecule has 0 radical (unpaired) electrons. The summed E-state index contributed by atoms with van der Waals surface area (Å²) < 4.78 is 5.07. The molecular formula is C9H13NO3. The normalized spacial score (nSPS) is 10.0. The molecule has 0 fully saturated rings. The average Bonchev–Trinajstić information content (AvgIpc) is 2.15. The van der Waals surface area contributed by atoms with Crippen LogP contribution in [0.15, 0.2) is 18.2 Å². The lowest BCUT2D eigenvalue weighted by atomic mass is 10.1. The Balaban J connectivity index is 2.87. The van der Waals surface area contributed by atoms with Gasteiger partial charge in [-0.1, -0.05) is 6.07 Å². The minimum atomic E-state index is 0.205. The summed E-state index contributed by atoms with van der Waals surface area (Å²) >= 11 is 0. The fourth-order valence-electron chi connectivity index (χ4n) is 1.16. The van der Waals surface area contributed by atoms with E-state index in [9.17, 15) is 5.11 Å². The van der Waals surface area contributed by atoms with E-state index in [1.807, 2.05) is 0 Å². The number of aromatic hydroxyl groups is 1. The molecule has 0 amide bonds. The van der Waals surface area contributed by atoms with E-state index in [1.54, 1.807) is 25.3 Å². The molecule has 0 unspecified atom stereocenters. The third-order valence-electron chi connectivity index (χ3n) is 1.80. The van der Waals surface area contributed by atoms with Crippen molar-refractivity contribution in [3.8, 4) is 11.5 Å². The topological polar surface area (TPSA) is 64.7 Å². The number of phenols is 1. The lowest BCUT2D eigenvalue weighted by Gasteiger charge is -2.08. The molecule has 0 saturated heterocycles. The van der Waals surface area contributed by atoms with Crippen LogP contribution in [-0.2, 0) is 11.3 Å². The van der Waals surface area contributed by atoms with Crippen molar-refractivity contribution in [1.82, 2.24) is 0 Å². The molecule has 0 aliphatic rings. The number of rotatable bonds is 4. The summed E-state index contributed by atoms with van der Waals surface area (Å²) in [6.07, 6.45) is 0.534. The predicted octanol–water partition coefficient (Wildman–Crippen LogP) is 0.834. The summed E-state index contributed by atoms with van der Waals surface area (Å²) in [6, 6.07) is 5.11. The molecule has 0 aliphatic heterocycles. The molecule has 72 valence electrons. The Morgan fingerprint density at radius 1 is 1.46 bits per heavy atom. The lowest BCUT2D eigenvalue weighted by Crippen LogP contribution is -2.04. The van der Waals surface area contributed by atoms with Crippen molar-refractivity contribution in [2.45, 2.75) is 6.42 Å². The van der Waals surface area contributed by atoms with Crippen LogP contribution in [-0.4, -0.2) is 18.8 Å². The number of phenolic OH excluding ortho intramolecular Hbond substituents is 1. The Kier molecular flexibility index (Phi) is 3.54. The minimum absolute atomic E-state index is 0.205. The van der Waals surface area contributed by atoms with Gasteiger partial charge in [0.15, 0.2) is 0 Å². The van der Waals surface area contributed by atoms with E-state index in [0.29, 0.717) is 18.8 Å². The Morgan fingerprint density at radius 2 is 2.23 bits per heavy atom. The van der Waals surface area contributed by atoms with Crippen LogP contribution in [0.3, 0.4) is 0 Å². The first kappa shape index (κ1) is 9.83. The van der Waals surface area contributed by atoms with E-state index >= 15 is 0 Å². The van der Waals surface area contributed by atoms with Crippen LogP contribution < -0.4 is 10.6 Å². The molecule has 0 aliphatic carbocycles. The van der Waals surface area contributed by atoms with Gasteiger partial charge in [-0.3, -0.25) is 0 Å². The SMILES string of the molecule is COc1cccc(O)c1CCON. The number of nitrogens with two attached hydrogens (primary N) is 1. The van der Waals surface area contributed by atoms with Crippen molar-refractivity contribution in [2.24, 2.45) is 5.90 Å². The first-order chi connectivity index (χ1) is 6.29. The monoisotopic (exact) mass is 183 g/mol. The zero-order valence-electron chi connectivity index (χ0n) is 7.49. The summed E-state index contributed by atoms with van der Waals surface area (Å²) in [7, 11) is 1.56. The quantitative estimate of drug-likeness (QED) is 0.679. The van der Waals surface area contributed by atoms with Crippen molar-refractivity contribution in [1.29, 1.82) is 0 Å². The van der Waals surface area contributed by atoms with E-state index in [4.69, 9.17) is 10.6 Å². The van der Waals surface area contributed by atoms with Gasteiger partial charge in [0, 0.05) is 12.0 Å². The molecule has 13 heavy (non-hydrogen) atoms. The van der Waals surface area contributed by atoms with Gasteiger partial charge >= 0.3 is 0 Å². The molecule has 3 N–H and O–H groups in total. The van der Waals surface area contributed by atoms with Crippen LogP contribution in [0.25, 0.3) is 0 Å². The van der Waals surface area contributed by atoms with Gasteiger partial charge in [0.2, 0.25) is 0 Å². The largest absolute Gasteiger partial charge is 0.508 e. The van der Waals surface area contributed by atoms with E-state index in [1.165, 1.54) is 0 Å². The van der Waals surface area contributed by atoms with Crippen LogP contribution in [0.1, 0.15) is 5.56 Å². The van der Waals surface area contributed by atoms with Gasteiger partial charge in [0.25, 0.3) is 0 Å². The molecule has 1 aromatic carbocycles. The van der Waals surface area contributed by atoms with Gasteiger partial charge < -0.3 is 14.7 Å². The van der Waals surface area contributed by atoms with E-state index in [2.05, 4.69) is 4.84 Å². The predicted molar refractivity (Wildman–Crippen MR) is 48.5 cm³/mol. The zero-order chi connectivity index (χ0) is 9.68. The van der Waals surface area contributed by atoms with Crippen molar-refractivity contribution in [3.63, 3.8) is 0 Å². The standard InChI is InChI=1S/C9H13NO3/c1-12-9-4-2-3-8(11)7(9)5-6-13-10/h2-4,11H,5-6,10H2,1H3. The van der Waals surface area contributed by atoms with E-state index in [0.717, 1.165) is 5.56 Å². The Bertz CT molecular complexity index is 276. The summed E-state index contributed by atoms with van der Waals surface area (Å²) in [5.74, 6) is 5.75. The second-order valence-electron chi connectivity index (χ2n) is 2.58. The van der Waals surface area contributed by atoms with Crippen molar-refractivity contribution < 1.29 is 14.7 Å². The number of hydrogen-bond donors (Lipinski definition) is 2. The van der Waals surface area contributed by atoms with Crippen LogP contribution >= 0.6 is 0 Å². The minimum Gasteiger partial charge on any atom is -0.508 e. The first-order valence-corrected chi connectivity index (χ1v) is 3.96. The third-order valence-corrected chi connectivity index (χ3v) is 1.80. The number of hydrogen-bond acceptors (Lipinski definition) is 4. The van der Waals surface area contributed by atoms with Gasteiger partial charge in [-0.2, -0.15) is 0 Å². The van der Waals surface area contributed by atoms with Crippen LogP contribution in [0.5, 0.6) is 11.5 Å². The third kappa shape index (κ3) is 2.34. The molecule has 4 nitrogen and oxygen atoms in total. The highest BCUT2D eigenvalue weighted by Crippen LogP contribution is 2.27. The smallest absolute Gasteiger partial charge is 0.125 e. The maximum absolute atomic E-state index is 9.47. The van der Waals surface area contributed by atoms with E-state index in [-0.39, 0.29) is 5.75 Å². The molecule has 1 rings (SSSR count). The second-order valence-corrected chi connectivity index (χ2v) is 2.58.